The highest BCUT2D eigenvalue weighted by Gasteiger charge is 2.37. The van der Waals surface area contributed by atoms with Gasteiger partial charge in [0.05, 0.1) is 30.2 Å². The Labute approximate surface area is 146 Å². The van der Waals surface area contributed by atoms with Crippen LogP contribution < -0.4 is 0 Å². The van der Waals surface area contributed by atoms with Gasteiger partial charge in [0.1, 0.15) is 0 Å². The molecule has 3 rings (SSSR count). The Morgan fingerprint density at radius 1 is 1.40 bits per heavy atom. The molecule has 7 heteroatoms. The van der Waals surface area contributed by atoms with Gasteiger partial charge in [-0.1, -0.05) is 18.2 Å². The maximum absolute atomic E-state index is 12.9. The molecule has 1 atom stereocenters. The van der Waals surface area contributed by atoms with Crippen LogP contribution in [0, 0.1) is 0 Å². The van der Waals surface area contributed by atoms with E-state index in [-0.39, 0.29) is 23.5 Å². The molecule has 1 aromatic heterocycles. The van der Waals surface area contributed by atoms with Crippen LogP contribution in [-0.2, 0) is 9.47 Å². The van der Waals surface area contributed by atoms with Gasteiger partial charge in [0, 0.05) is 20.2 Å². The third-order valence-corrected chi connectivity index (χ3v) is 4.04. The summed E-state index contributed by atoms with van der Waals surface area (Å²) < 4.78 is 12.6. The molecule has 1 N–H and O–H groups in total. The first-order chi connectivity index (χ1) is 11.9. The largest absolute Gasteiger partial charge is 0.504 e. The second-order valence-corrected chi connectivity index (χ2v) is 6.78. The van der Waals surface area contributed by atoms with Crippen molar-refractivity contribution in [2.75, 3.05) is 26.8 Å². The van der Waals surface area contributed by atoms with Gasteiger partial charge >= 0.3 is 0 Å². The van der Waals surface area contributed by atoms with E-state index in [2.05, 4.69) is 5.10 Å². The molecule has 1 aromatic carbocycles. The van der Waals surface area contributed by atoms with Crippen molar-refractivity contribution >= 4 is 5.91 Å². The van der Waals surface area contributed by atoms with Crippen molar-refractivity contribution in [1.29, 1.82) is 0 Å². The van der Waals surface area contributed by atoms with Gasteiger partial charge in [0.2, 0.25) is 0 Å². The summed E-state index contributed by atoms with van der Waals surface area (Å²) in [6.07, 6.45) is 1.23. The van der Waals surface area contributed by atoms with Crippen LogP contribution in [0.5, 0.6) is 5.75 Å². The van der Waals surface area contributed by atoms with Gasteiger partial charge in [-0.2, -0.15) is 5.10 Å². The maximum Gasteiger partial charge on any atom is 0.278 e. The molecule has 25 heavy (non-hydrogen) atoms. The first-order valence-corrected chi connectivity index (χ1v) is 8.20. The van der Waals surface area contributed by atoms with Crippen LogP contribution in [0.15, 0.2) is 36.5 Å². The standard InChI is InChI=1S/C18H23N3O4/c1-18(2)12-20(9-14(25-18)11-24-3)17(23)16-15(22)10-21(19-16)13-7-5-4-6-8-13/h4-8,10,14,22H,9,11-12H2,1-3H3. The number of rotatable bonds is 4. The van der Waals surface area contributed by atoms with Crippen LogP contribution in [0.1, 0.15) is 24.3 Å². The summed E-state index contributed by atoms with van der Waals surface area (Å²) in [5.74, 6) is -0.453. The number of hydrogen-bond donors (Lipinski definition) is 1. The van der Waals surface area contributed by atoms with Crippen molar-refractivity contribution in [3.8, 4) is 11.4 Å². The molecule has 2 heterocycles. The molecule has 0 bridgehead atoms. The molecular formula is C18H23N3O4. The number of nitrogens with zero attached hydrogens (tertiary/aromatic N) is 3. The van der Waals surface area contributed by atoms with E-state index in [0.29, 0.717) is 19.7 Å². The summed E-state index contributed by atoms with van der Waals surface area (Å²) in [7, 11) is 1.60. The zero-order valence-electron chi connectivity index (χ0n) is 14.7. The Morgan fingerprint density at radius 3 is 2.80 bits per heavy atom. The lowest BCUT2D eigenvalue weighted by molar-refractivity contribution is -0.143. The smallest absolute Gasteiger partial charge is 0.278 e. The van der Waals surface area contributed by atoms with Gasteiger partial charge in [-0.25, -0.2) is 4.68 Å². The molecule has 134 valence electrons. The lowest BCUT2D eigenvalue weighted by atomic mass is 10.0. The van der Waals surface area contributed by atoms with E-state index in [1.807, 2.05) is 44.2 Å². The van der Waals surface area contributed by atoms with Crippen molar-refractivity contribution in [1.82, 2.24) is 14.7 Å². The number of amides is 1. The average molecular weight is 345 g/mol. The number of carbonyl (C=O) groups excluding carboxylic acids is 1. The minimum atomic E-state index is -0.491. The summed E-state index contributed by atoms with van der Waals surface area (Å²) in [4.78, 5) is 14.6. The minimum absolute atomic E-state index is 0.0396. The molecule has 0 aliphatic carbocycles. The number of methoxy groups -OCH3 is 1. The number of morpholine rings is 1. The Morgan fingerprint density at radius 2 is 2.12 bits per heavy atom. The van der Waals surface area contributed by atoms with Crippen molar-refractivity contribution < 1.29 is 19.4 Å². The van der Waals surface area contributed by atoms with Gasteiger partial charge in [-0.05, 0) is 26.0 Å². The predicted molar refractivity (Wildman–Crippen MR) is 92.0 cm³/mol. The normalized spacial score (nSPS) is 19.8. The van der Waals surface area contributed by atoms with Crippen molar-refractivity contribution in [2.45, 2.75) is 25.6 Å². The molecule has 1 fully saturated rings. The van der Waals surface area contributed by atoms with Crippen molar-refractivity contribution in [3.05, 3.63) is 42.2 Å². The molecule has 7 nitrogen and oxygen atoms in total. The molecule has 1 aliphatic rings. The van der Waals surface area contributed by atoms with Crippen LogP contribution in [0.25, 0.3) is 5.69 Å². The quantitative estimate of drug-likeness (QED) is 0.915. The van der Waals surface area contributed by atoms with E-state index in [0.717, 1.165) is 5.69 Å². The highest BCUT2D eigenvalue weighted by Crippen LogP contribution is 2.25. The fourth-order valence-electron chi connectivity index (χ4n) is 3.10. The number of hydrogen-bond acceptors (Lipinski definition) is 5. The van der Waals surface area contributed by atoms with Crippen LogP contribution >= 0.6 is 0 Å². The lowest BCUT2D eigenvalue weighted by Crippen LogP contribution is -2.55. The Hall–Kier alpha value is -2.38. The fraction of sp³-hybridized carbons (Fsp3) is 0.444. The Bertz CT molecular complexity index is 742. The molecule has 2 aromatic rings. The summed E-state index contributed by atoms with van der Waals surface area (Å²) in [5, 5.41) is 14.5. The summed E-state index contributed by atoms with van der Waals surface area (Å²) in [5.41, 5.74) is 0.323. The fourth-order valence-corrected chi connectivity index (χ4v) is 3.10. The molecule has 0 spiro atoms. The zero-order chi connectivity index (χ0) is 18.0. The van der Waals surface area contributed by atoms with E-state index in [4.69, 9.17) is 9.47 Å². The van der Waals surface area contributed by atoms with Crippen LogP contribution in [0.2, 0.25) is 0 Å². The van der Waals surface area contributed by atoms with E-state index in [1.165, 1.54) is 10.9 Å². The summed E-state index contributed by atoms with van der Waals surface area (Å²) in [6, 6.07) is 9.34. The maximum atomic E-state index is 12.9. The van der Waals surface area contributed by atoms with Crippen molar-refractivity contribution in [3.63, 3.8) is 0 Å². The van der Waals surface area contributed by atoms with Crippen molar-refractivity contribution in [2.24, 2.45) is 0 Å². The lowest BCUT2D eigenvalue weighted by Gasteiger charge is -2.42. The van der Waals surface area contributed by atoms with Crippen LogP contribution in [0.4, 0.5) is 0 Å². The highest BCUT2D eigenvalue weighted by molar-refractivity contribution is 5.95. The second kappa shape index (κ2) is 6.85. The van der Waals surface area contributed by atoms with Gasteiger partial charge in [0.25, 0.3) is 5.91 Å². The third kappa shape index (κ3) is 3.83. The molecule has 1 amide bonds. The van der Waals surface area contributed by atoms with E-state index >= 15 is 0 Å². The van der Waals surface area contributed by atoms with E-state index in [1.54, 1.807) is 12.0 Å². The van der Waals surface area contributed by atoms with E-state index < -0.39 is 5.60 Å². The summed E-state index contributed by atoms with van der Waals surface area (Å²) >= 11 is 0. The minimum Gasteiger partial charge on any atom is -0.504 e. The predicted octanol–water partition coefficient (Wildman–Crippen LogP) is 1.84. The SMILES string of the molecule is COCC1CN(C(=O)c2nn(-c3ccccc3)cc2O)CC(C)(C)O1. The zero-order valence-corrected chi connectivity index (χ0v) is 14.7. The number of aromatic nitrogens is 2. The molecular weight excluding hydrogens is 322 g/mol. The second-order valence-electron chi connectivity index (χ2n) is 6.78. The van der Waals surface area contributed by atoms with E-state index in [9.17, 15) is 9.90 Å². The Kier molecular flexibility index (Phi) is 4.78. The molecule has 0 radical (unpaired) electrons. The monoisotopic (exact) mass is 345 g/mol. The molecule has 1 saturated heterocycles. The first kappa shape index (κ1) is 17.4. The molecule has 1 unspecified atom stereocenters. The number of carbonyl (C=O) groups is 1. The molecule has 0 saturated carbocycles. The van der Waals surface area contributed by atoms with Gasteiger partial charge in [-0.15, -0.1) is 0 Å². The number of aromatic hydroxyl groups is 1. The molecule has 1 aliphatic heterocycles. The number of ether oxygens (including phenoxy) is 2. The highest BCUT2D eigenvalue weighted by atomic mass is 16.5. The third-order valence-electron chi connectivity index (χ3n) is 4.04. The number of para-hydroxylation sites is 1. The van der Waals surface area contributed by atoms with Gasteiger partial charge < -0.3 is 19.5 Å². The Balaban J connectivity index is 1.84. The van der Waals surface area contributed by atoms with Gasteiger partial charge in [0.15, 0.2) is 11.4 Å². The number of benzene rings is 1. The first-order valence-electron chi connectivity index (χ1n) is 8.20. The van der Waals surface area contributed by atoms with Gasteiger partial charge in [-0.3, -0.25) is 4.79 Å². The topological polar surface area (TPSA) is 76.8 Å². The van der Waals surface area contributed by atoms with Crippen LogP contribution in [-0.4, -0.2) is 64.2 Å². The van der Waals surface area contributed by atoms with Crippen LogP contribution in [0.3, 0.4) is 0 Å². The summed E-state index contributed by atoms with van der Waals surface area (Å²) in [6.45, 7) is 5.07. The average Bonchev–Trinajstić information content (AvgIpc) is 2.95.